The maximum atomic E-state index is 12.9. The fourth-order valence-corrected chi connectivity index (χ4v) is 4.96. The number of carbonyl (C=O) groups excluding carboxylic acids is 1. The number of aryl methyl sites for hydroxylation is 3. The Kier molecular flexibility index (Phi) is 3.95. The molecular weight excluding hydrogens is 320 g/mol. The van der Waals surface area contributed by atoms with Crippen LogP contribution in [0, 0.1) is 26.7 Å². The molecule has 0 radical (unpaired) electrons. The predicted molar refractivity (Wildman–Crippen MR) is 94.3 cm³/mol. The van der Waals surface area contributed by atoms with Gasteiger partial charge in [0.25, 0.3) is 0 Å². The van der Waals surface area contributed by atoms with Gasteiger partial charge in [0.2, 0.25) is 5.91 Å². The van der Waals surface area contributed by atoms with E-state index in [-0.39, 0.29) is 12.0 Å². The van der Waals surface area contributed by atoms with E-state index in [9.17, 15) is 4.79 Å². The van der Waals surface area contributed by atoms with Gasteiger partial charge in [0.15, 0.2) is 0 Å². The van der Waals surface area contributed by atoms with Crippen LogP contribution in [0.3, 0.4) is 0 Å². The van der Waals surface area contributed by atoms with E-state index in [0.29, 0.717) is 11.8 Å². The minimum absolute atomic E-state index is 0.195. The first-order valence-electron chi connectivity index (χ1n) is 8.78. The number of hydrogen-bond donors (Lipinski definition) is 0. The van der Waals surface area contributed by atoms with Crippen molar-refractivity contribution >= 4 is 17.2 Å². The van der Waals surface area contributed by atoms with Gasteiger partial charge in [-0.25, -0.2) is 9.67 Å². The van der Waals surface area contributed by atoms with Gasteiger partial charge in [-0.2, -0.15) is 5.10 Å². The van der Waals surface area contributed by atoms with Crippen molar-refractivity contribution in [3.05, 3.63) is 33.5 Å². The lowest BCUT2D eigenvalue weighted by atomic mass is 10.0. The van der Waals surface area contributed by atoms with Gasteiger partial charge in [-0.05, 0) is 52.2 Å². The van der Waals surface area contributed by atoms with Crippen molar-refractivity contribution in [3.8, 4) is 0 Å². The average molecular weight is 344 g/mol. The summed E-state index contributed by atoms with van der Waals surface area (Å²) >= 11 is 1.84. The van der Waals surface area contributed by atoms with Crippen LogP contribution in [0.4, 0.5) is 0 Å². The fourth-order valence-electron chi connectivity index (χ4n) is 3.91. The van der Waals surface area contributed by atoms with Crippen LogP contribution in [-0.4, -0.2) is 38.7 Å². The molecule has 1 saturated carbocycles. The van der Waals surface area contributed by atoms with Crippen LogP contribution in [-0.2, 0) is 4.79 Å². The Balaban J connectivity index is 1.43. The molecule has 2 aromatic rings. The van der Waals surface area contributed by atoms with E-state index in [1.165, 1.54) is 9.75 Å². The molecule has 0 bridgehead atoms. The maximum absolute atomic E-state index is 12.9. The number of carbonyl (C=O) groups is 1. The molecule has 6 heteroatoms. The third-order valence-electron chi connectivity index (χ3n) is 5.20. The van der Waals surface area contributed by atoms with E-state index in [4.69, 9.17) is 0 Å². The highest BCUT2D eigenvalue weighted by Crippen LogP contribution is 2.50. The number of thiophene rings is 1. The highest BCUT2D eigenvalue weighted by molar-refractivity contribution is 7.12. The molecule has 1 amide bonds. The smallest absolute Gasteiger partial charge is 0.226 e. The molecule has 3 atom stereocenters. The van der Waals surface area contributed by atoms with Crippen LogP contribution < -0.4 is 0 Å². The molecule has 1 aliphatic heterocycles. The lowest BCUT2D eigenvalue weighted by Gasteiger charge is -2.33. The number of aromatic nitrogens is 3. The summed E-state index contributed by atoms with van der Waals surface area (Å²) in [5, 5.41) is 4.52. The first-order chi connectivity index (χ1) is 11.5. The van der Waals surface area contributed by atoms with E-state index in [0.717, 1.165) is 44.0 Å². The Bertz CT molecular complexity index is 765. The molecule has 3 heterocycles. The maximum Gasteiger partial charge on any atom is 0.226 e. The SMILES string of the molecule is Cc1nc(C)n([C@@H]2CCCN(C(=O)[C@H]3C[C@H]3c3ccc(C)s3)C2)n1. The number of amides is 1. The van der Waals surface area contributed by atoms with Crippen molar-refractivity contribution in [1.29, 1.82) is 0 Å². The summed E-state index contributed by atoms with van der Waals surface area (Å²) in [5.74, 6) is 2.74. The summed E-state index contributed by atoms with van der Waals surface area (Å²) in [6.07, 6.45) is 3.14. The zero-order valence-electron chi connectivity index (χ0n) is 14.5. The van der Waals surface area contributed by atoms with Crippen LogP contribution in [0.2, 0.25) is 0 Å². The summed E-state index contributed by atoms with van der Waals surface area (Å²) in [4.78, 5) is 22.1. The topological polar surface area (TPSA) is 51.0 Å². The molecule has 0 spiro atoms. The van der Waals surface area contributed by atoms with Gasteiger partial charge >= 0.3 is 0 Å². The fraction of sp³-hybridized carbons (Fsp3) is 0.611. The second kappa shape index (κ2) is 5.99. The van der Waals surface area contributed by atoms with Gasteiger partial charge < -0.3 is 4.90 Å². The molecule has 2 aliphatic rings. The minimum atomic E-state index is 0.195. The first kappa shape index (κ1) is 15.8. The van der Waals surface area contributed by atoms with Gasteiger partial charge in [-0.15, -0.1) is 11.3 Å². The second-order valence-corrected chi connectivity index (χ2v) is 8.45. The molecular formula is C18H24N4OS. The molecule has 1 aliphatic carbocycles. The number of nitrogens with zero attached hydrogens (tertiary/aromatic N) is 4. The highest BCUT2D eigenvalue weighted by atomic mass is 32.1. The molecule has 0 aromatic carbocycles. The number of hydrogen-bond acceptors (Lipinski definition) is 4. The van der Waals surface area contributed by atoms with Crippen LogP contribution in [0.1, 0.15) is 52.6 Å². The highest BCUT2D eigenvalue weighted by Gasteiger charge is 2.47. The molecule has 5 nitrogen and oxygen atoms in total. The van der Waals surface area contributed by atoms with E-state index in [1.807, 2.05) is 29.9 Å². The Hall–Kier alpha value is -1.69. The lowest BCUT2D eigenvalue weighted by molar-refractivity contribution is -0.134. The molecule has 1 saturated heterocycles. The molecule has 2 aromatic heterocycles. The van der Waals surface area contributed by atoms with Gasteiger partial charge in [0.05, 0.1) is 6.04 Å². The molecule has 24 heavy (non-hydrogen) atoms. The van der Waals surface area contributed by atoms with Crippen molar-refractivity contribution in [2.24, 2.45) is 5.92 Å². The summed E-state index contributed by atoms with van der Waals surface area (Å²) in [7, 11) is 0. The Labute approximate surface area is 146 Å². The third-order valence-corrected chi connectivity index (χ3v) is 6.33. The minimum Gasteiger partial charge on any atom is -0.340 e. The van der Waals surface area contributed by atoms with E-state index in [2.05, 4.69) is 34.0 Å². The quantitative estimate of drug-likeness (QED) is 0.859. The van der Waals surface area contributed by atoms with Crippen molar-refractivity contribution in [1.82, 2.24) is 19.7 Å². The number of likely N-dealkylation sites (tertiary alicyclic amines) is 1. The molecule has 0 N–H and O–H groups in total. The first-order valence-corrected chi connectivity index (χ1v) is 9.59. The van der Waals surface area contributed by atoms with Crippen LogP contribution >= 0.6 is 11.3 Å². The van der Waals surface area contributed by atoms with Gasteiger partial charge in [-0.1, -0.05) is 0 Å². The average Bonchev–Trinajstić information content (AvgIpc) is 3.13. The summed E-state index contributed by atoms with van der Waals surface area (Å²) in [6, 6.07) is 4.62. The van der Waals surface area contributed by atoms with Crippen molar-refractivity contribution in [2.45, 2.75) is 52.0 Å². The van der Waals surface area contributed by atoms with E-state index in [1.54, 1.807) is 0 Å². The van der Waals surface area contributed by atoms with Crippen molar-refractivity contribution in [3.63, 3.8) is 0 Å². The van der Waals surface area contributed by atoms with Gasteiger partial charge in [0.1, 0.15) is 11.6 Å². The molecule has 4 rings (SSSR count). The van der Waals surface area contributed by atoms with Gasteiger partial charge in [0, 0.05) is 34.7 Å². The summed E-state index contributed by atoms with van der Waals surface area (Å²) in [6.45, 7) is 7.71. The standard InChI is InChI=1S/C18H24N4OS/c1-11-6-7-17(24-11)15-9-16(15)18(23)21-8-4-5-14(10-21)22-13(3)19-12(2)20-22/h6-7,14-16H,4-5,8-10H2,1-3H3/t14-,15-,16+/m1/s1. The molecule has 0 unspecified atom stereocenters. The number of piperidine rings is 1. The third kappa shape index (κ3) is 2.88. The zero-order valence-corrected chi connectivity index (χ0v) is 15.3. The summed E-state index contributed by atoms with van der Waals surface area (Å²) in [5.41, 5.74) is 0. The monoisotopic (exact) mass is 344 g/mol. The zero-order chi connectivity index (χ0) is 16.8. The lowest BCUT2D eigenvalue weighted by Crippen LogP contribution is -2.42. The van der Waals surface area contributed by atoms with E-state index >= 15 is 0 Å². The summed E-state index contributed by atoms with van der Waals surface area (Å²) < 4.78 is 2.02. The Morgan fingerprint density at radius 3 is 2.79 bits per heavy atom. The predicted octanol–water partition coefficient (Wildman–Crippen LogP) is 3.23. The van der Waals surface area contributed by atoms with Gasteiger partial charge in [-0.3, -0.25) is 4.79 Å². The van der Waals surface area contributed by atoms with E-state index < -0.39 is 0 Å². The van der Waals surface area contributed by atoms with Crippen molar-refractivity contribution in [2.75, 3.05) is 13.1 Å². The molecule has 2 fully saturated rings. The largest absolute Gasteiger partial charge is 0.340 e. The number of rotatable bonds is 3. The van der Waals surface area contributed by atoms with Crippen LogP contribution in [0.15, 0.2) is 12.1 Å². The Morgan fingerprint density at radius 1 is 1.29 bits per heavy atom. The van der Waals surface area contributed by atoms with Crippen LogP contribution in [0.25, 0.3) is 0 Å². The Morgan fingerprint density at radius 2 is 2.12 bits per heavy atom. The second-order valence-electron chi connectivity index (χ2n) is 7.13. The van der Waals surface area contributed by atoms with Crippen LogP contribution in [0.5, 0.6) is 0 Å². The van der Waals surface area contributed by atoms with Crippen molar-refractivity contribution < 1.29 is 4.79 Å². The molecule has 128 valence electrons. The normalized spacial score (nSPS) is 26.6.